The molecule has 0 atom stereocenters. The topological polar surface area (TPSA) is 39.2 Å². The van der Waals surface area contributed by atoms with Gasteiger partial charge in [0.05, 0.1) is 21.8 Å². The second-order valence-corrected chi connectivity index (χ2v) is 4.28. The smallest absolute Gasteiger partial charge is 0.302 e. The summed E-state index contributed by atoms with van der Waals surface area (Å²) in [5, 5.41) is 1.01. The summed E-state index contributed by atoms with van der Waals surface area (Å²) in [5.74, 6) is -0.240. The lowest BCUT2D eigenvalue weighted by Crippen LogP contribution is -2.02. The number of carbonyl (C=O) groups is 1. The van der Waals surface area contributed by atoms with Gasteiger partial charge in [0.25, 0.3) is 0 Å². The monoisotopic (exact) mass is 221 g/mol. The summed E-state index contributed by atoms with van der Waals surface area (Å²) >= 11 is 1.65. The molecule has 1 aromatic heterocycles. The van der Waals surface area contributed by atoms with Crippen LogP contribution in [0.2, 0.25) is 0 Å². The third kappa shape index (κ3) is 2.53. The molecule has 78 valence electrons. The van der Waals surface area contributed by atoms with Crippen molar-refractivity contribution in [1.82, 2.24) is 4.98 Å². The number of esters is 1. The van der Waals surface area contributed by atoms with Gasteiger partial charge in [-0.2, -0.15) is 0 Å². The first kappa shape index (κ1) is 10.1. The van der Waals surface area contributed by atoms with E-state index in [1.807, 2.05) is 24.3 Å². The Bertz CT molecular complexity index is 445. The highest BCUT2D eigenvalue weighted by Gasteiger charge is 2.03. The summed E-state index contributed by atoms with van der Waals surface area (Å²) in [6.45, 7) is 1.83. The Morgan fingerprint density at radius 2 is 2.27 bits per heavy atom. The van der Waals surface area contributed by atoms with Gasteiger partial charge < -0.3 is 4.74 Å². The summed E-state index contributed by atoms with van der Waals surface area (Å²) in [5.41, 5.74) is 1.01. The quantitative estimate of drug-likeness (QED) is 0.747. The largest absolute Gasteiger partial charge is 0.465 e. The van der Waals surface area contributed by atoms with Gasteiger partial charge in [0.1, 0.15) is 0 Å². The van der Waals surface area contributed by atoms with Gasteiger partial charge in [0.2, 0.25) is 0 Å². The second-order valence-electron chi connectivity index (χ2n) is 3.17. The van der Waals surface area contributed by atoms with E-state index in [0.29, 0.717) is 13.0 Å². The van der Waals surface area contributed by atoms with Crippen molar-refractivity contribution in [2.75, 3.05) is 6.61 Å². The van der Waals surface area contributed by atoms with E-state index in [4.69, 9.17) is 4.74 Å². The Kier molecular flexibility index (Phi) is 2.97. The standard InChI is InChI=1S/C11H11NO2S/c1-8(13)14-7-6-11-12-9-4-2-3-5-10(9)15-11/h2-5H,6-7H2,1H3. The molecule has 0 aliphatic rings. The number of aromatic nitrogens is 1. The molecule has 15 heavy (non-hydrogen) atoms. The minimum atomic E-state index is -0.240. The molecular formula is C11H11NO2S. The number of nitrogens with zero attached hydrogens (tertiary/aromatic N) is 1. The summed E-state index contributed by atoms with van der Waals surface area (Å²) in [6.07, 6.45) is 0.693. The fourth-order valence-corrected chi connectivity index (χ4v) is 2.26. The fraction of sp³-hybridized carbons (Fsp3) is 0.273. The highest BCUT2D eigenvalue weighted by molar-refractivity contribution is 7.18. The van der Waals surface area contributed by atoms with E-state index in [9.17, 15) is 4.79 Å². The van der Waals surface area contributed by atoms with Crippen molar-refractivity contribution in [2.45, 2.75) is 13.3 Å². The van der Waals surface area contributed by atoms with Crippen LogP contribution in [0.15, 0.2) is 24.3 Å². The van der Waals surface area contributed by atoms with Crippen LogP contribution in [0.1, 0.15) is 11.9 Å². The van der Waals surface area contributed by atoms with Crippen molar-refractivity contribution < 1.29 is 9.53 Å². The Labute approximate surface area is 91.7 Å². The number of ether oxygens (including phenoxy) is 1. The lowest BCUT2D eigenvalue weighted by atomic mass is 10.3. The van der Waals surface area contributed by atoms with E-state index in [1.54, 1.807) is 11.3 Å². The molecule has 0 N–H and O–H groups in total. The normalized spacial score (nSPS) is 10.5. The number of rotatable bonds is 3. The first-order chi connectivity index (χ1) is 7.25. The van der Waals surface area contributed by atoms with Crippen LogP contribution in [-0.2, 0) is 16.0 Å². The molecule has 0 unspecified atom stereocenters. The lowest BCUT2D eigenvalue weighted by Gasteiger charge is -1.97. The maximum atomic E-state index is 10.6. The SMILES string of the molecule is CC(=O)OCCc1nc2ccccc2s1. The number of para-hydroxylation sites is 1. The molecule has 0 radical (unpaired) electrons. The minimum Gasteiger partial charge on any atom is -0.465 e. The highest BCUT2D eigenvalue weighted by atomic mass is 32.1. The van der Waals surface area contributed by atoms with E-state index in [-0.39, 0.29) is 5.97 Å². The van der Waals surface area contributed by atoms with Crippen LogP contribution >= 0.6 is 11.3 Å². The number of carbonyl (C=O) groups excluding carboxylic acids is 1. The molecule has 0 aliphatic heterocycles. The molecule has 1 aromatic carbocycles. The van der Waals surface area contributed by atoms with Crippen LogP contribution < -0.4 is 0 Å². The molecule has 0 saturated heterocycles. The predicted octanol–water partition coefficient (Wildman–Crippen LogP) is 2.40. The first-order valence-corrected chi connectivity index (χ1v) is 5.55. The number of hydrogen-bond donors (Lipinski definition) is 0. The molecule has 1 heterocycles. The molecule has 0 amide bonds. The number of fused-ring (bicyclic) bond motifs is 1. The van der Waals surface area contributed by atoms with Crippen molar-refractivity contribution in [3.8, 4) is 0 Å². The van der Waals surface area contributed by atoms with Crippen LogP contribution in [-0.4, -0.2) is 17.6 Å². The molecule has 4 heteroatoms. The fourth-order valence-electron chi connectivity index (χ4n) is 1.31. The number of benzene rings is 1. The molecule has 2 aromatic rings. The summed E-state index contributed by atoms with van der Waals surface area (Å²) in [7, 11) is 0. The average Bonchev–Trinajstić information content (AvgIpc) is 2.59. The average molecular weight is 221 g/mol. The zero-order valence-corrected chi connectivity index (χ0v) is 9.21. The van der Waals surface area contributed by atoms with E-state index in [2.05, 4.69) is 4.98 Å². The third-order valence-electron chi connectivity index (χ3n) is 1.96. The first-order valence-electron chi connectivity index (χ1n) is 4.73. The Balaban J connectivity index is 2.05. The van der Waals surface area contributed by atoms with Crippen LogP contribution in [0.5, 0.6) is 0 Å². The predicted molar refractivity (Wildman–Crippen MR) is 60.0 cm³/mol. The maximum Gasteiger partial charge on any atom is 0.302 e. The van der Waals surface area contributed by atoms with Gasteiger partial charge in [0, 0.05) is 13.3 Å². The zero-order chi connectivity index (χ0) is 10.7. The molecule has 0 fully saturated rings. The number of hydrogen-bond acceptors (Lipinski definition) is 4. The Morgan fingerprint density at radius 1 is 1.47 bits per heavy atom. The van der Waals surface area contributed by atoms with E-state index >= 15 is 0 Å². The second kappa shape index (κ2) is 4.40. The van der Waals surface area contributed by atoms with Gasteiger partial charge in [-0.1, -0.05) is 12.1 Å². The summed E-state index contributed by atoms with van der Waals surface area (Å²) < 4.78 is 6.05. The van der Waals surface area contributed by atoms with E-state index < -0.39 is 0 Å². The molecule has 3 nitrogen and oxygen atoms in total. The van der Waals surface area contributed by atoms with Gasteiger partial charge in [-0.05, 0) is 12.1 Å². The minimum absolute atomic E-state index is 0.240. The molecule has 0 bridgehead atoms. The molecule has 0 aliphatic carbocycles. The van der Waals surface area contributed by atoms with Gasteiger partial charge >= 0.3 is 5.97 Å². The molecule has 2 rings (SSSR count). The summed E-state index contributed by atoms with van der Waals surface area (Å²) in [4.78, 5) is 15.0. The molecular weight excluding hydrogens is 210 g/mol. The molecule has 0 spiro atoms. The third-order valence-corrected chi connectivity index (χ3v) is 3.06. The Morgan fingerprint density at radius 3 is 3.00 bits per heavy atom. The van der Waals surface area contributed by atoms with E-state index in [1.165, 1.54) is 11.6 Å². The molecule has 0 saturated carbocycles. The van der Waals surface area contributed by atoms with Crippen molar-refractivity contribution in [3.63, 3.8) is 0 Å². The van der Waals surface area contributed by atoms with Crippen LogP contribution in [0.25, 0.3) is 10.2 Å². The van der Waals surface area contributed by atoms with Crippen LogP contribution in [0.4, 0.5) is 0 Å². The van der Waals surface area contributed by atoms with Crippen molar-refractivity contribution in [2.24, 2.45) is 0 Å². The number of thiazole rings is 1. The van der Waals surface area contributed by atoms with E-state index in [0.717, 1.165) is 10.5 Å². The van der Waals surface area contributed by atoms with Crippen molar-refractivity contribution in [1.29, 1.82) is 0 Å². The Hall–Kier alpha value is -1.42. The lowest BCUT2D eigenvalue weighted by molar-refractivity contribution is -0.140. The van der Waals surface area contributed by atoms with Gasteiger partial charge in [-0.25, -0.2) is 4.98 Å². The van der Waals surface area contributed by atoms with Gasteiger partial charge in [0.15, 0.2) is 0 Å². The zero-order valence-electron chi connectivity index (χ0n) is 8.40. The van der Waals surface area contributed by atoms with Crippen LogP contribution in [0, 0.1) is 0 Å². The maximum absolute atomic E-state index is 10.6. The highest BCUT2D eigenvalue weighted by Crippen LogP contribution is 2.21. The van der Waals surface area contributed by atoms with Crippen LogP contribution in [0.3, 0.4) is 0 Å². The summed E-state index contributed by atoms with van der Waals surface area (Å²) in [6, 6.07) is 8.00. The van der Waals surface area contributed by atoms with Gasteiger partial charge in [-0.3, -0.25) is 4.79 Å². The van der Waals surface area contributed by atoms with Crippen molar-refractivity contribution >= 4 is 27.5 Å². The van der Waals surface area contributed by atoms with Crippen molar-refractivity contribution in [3.05, 3.63) is 29.3 Å². The van der Waals surface area contributed by atoms with Gasteiger partial charge in [-0.15, -0.1) is 11.3 Å².